The molecule has 1 atom stereocenters. The number of carboxylic acid groups (broad SMARTS) is 1. The second kappa shape index (κ2) is 4.35. The summed E-state index contributed by atoms with van der Waals surface area (Å²) in [5.41, 5.74) is 0. The molecule has 4 nitrogen and oxygen atoms in total. The lowest BCUT2D eigenvalue weighted by molar-refractivity contribution is -0.138. The minimum atomic E-state index is -0.868. The molecule has 9 heavy (non-hydrogen) atoms. The highest BCUT2D eigenvalue weighted by Gasteiger charge is 2.08. The molecule has 0 spiro atoms. The van der Waals surface area contributed by atoms with E-state index in [9.17, 15) is 4.79 Å². The normalized spacial score (nSPS) is 12.7. The Morgan fingerprint density at radius 1 is 1.89 bits per heavy atom. The number of carboxylic acids is 1. The van der Waals surface area contributed by atoms with Crippen molar-refractivity contribution in [3.05, 3.63) is 0 Å². The second-order valence-electron chi connectivity index (χ2n) is 1.70. The molecule has 0 heterocycles. The van der Waals surface area contributed by atoms with Crippen molar-refractivity contribution in [2.24, 2.45) is 0 Å². The van der Waals surface area contributed by atoms with Gasteiger partial charge >= 0.3 is 13.6 Å². The molecule has 0 saturated carbocycles. The largest absolute Gasteiger partial charge is 0.480 e. The number of carbonyl (C=O) groups is 1. The van der Waals surface area contributed by atoms with E-state index in [4.69, 9.17) is 5.11 Å². The zero-order valence-electron chi connectivity index (χ0n) is 5.55. The van der Waals surface area contributed by atoms with Gasteiger partial charge in [0.15, 0.2) is 0 Å². The maximum Gasteiger partial charge on any atom is 0.361 e. The first-order chi connectivity index (χ1) is 4.18. The molecule has 0 aliphatic rings. The number of aliphatic carboxylic acids is 1. The van der Waals surface area contributed by atoms with Crippen molar-refractivity contribution in [2.45, 2.75) is 13.0 Å². The maximum atomic E-state index is 10.1. The van der Waals surface area contributed by atoms with Gasteiger partial charge in [-0.15, -0.1) is 0 Å². The van der Waals surface area contributed by atoms with E-state index in [1.54, 1.807) is 6.92 Å². The molecule has 2 N–H and O–H groups in total. The number of rotatable bonds is 4. The minimum Gasteiger partial charge on any atom is -0.480 e. The van der Waals surface area contributed by atoms with Gasteiger partial charge in [0.25, 0.3) is 0 Å². The average Bonchev–Trinajstić information content (AvgIpc) is 1.82. The fourth-order valence-electron chi connectivity index (χ4n) is 0.296. The Morgan fingerprint density at radius 2 is 2.44 bits per heavy atom. The van der Waals surface area contributed by atoms with Crippen LogP contribution in [0, 0.1) is 0 Å². The quantitative estimate of drug-likeness (QED) is 0.478. The Kier molecular flexibility index (Phi) is 4.08. The minimum absolute atomic E-state index is 0.271. The summed E-state index contributed by atoms with van der Waals surface area (Å²) in [6, 6.07) is -0.537. The first kappa shape index (κ1) is 8.45. The molecular formula is C4H10BNO3. The summed E-state index contributed by atoms with van der Waals surface area (Å²) in [6.45, 7) is 1.56. The van der Waals surface area contributed by atoms with Crippen LogP contribution >= 0.6 is 0 Å². The van der Waals surface area contributed by atoms with Crippen molar-refractivity contribution in [3.63, 3.8) is 0 Å². The Labute approximate surface area is 54.5 Å². The van der Waals surface area contributed by atoms with Crippen LogP contribution in [0.4, 0.5) is 0 Å². The monoisotopic (exact) mass is 131 g/mol. The van der Waals surface area contributed by atoms with Crippen molar-refractivity contribution in [1.82, 2.24) is 5.23 Å². The lowest BCUT2D eigenvalue weighted by Gasteiger charge is -2.04. The molecule has 0 bridgehead atoms. The number of hydrogen-bond acceptors (Lipinski definition) is 3. The molecule has 0 amide bonds. The molecule has 0 aliphatic heterocycles. The third-order valence-electron chi connectivity index (χ3n) is 0.904. The lowest BCUT2D eigenvalue weighted by atomic mass is 10.2. The molecule has 0 saturated heterocycles. The van der Waals surface area contributed by atoms with Crippen LogP contribution in [0.25, 0.3) is 0 Å². The molecule has 0 aliphatic carbocycles. The summed E-state index contributed by atoms with van der Waals surface area (Å²) >= 11 is 0. The summed E-state index contributed by atoms with van der Waals surface area (Å²) < 4.78 is 4.59. The Morgan fingerprint density at radius 3 is 2.78 bits per heavy atom. The van der Waals surface area contributed by atoms with Crippen molar-refractivity contribution < 1.29 is 14.6 Å². The van der Waals surface area contributed by atoms with E-state index in [0.29, 0.717) is 0 Å². The first-order valence-corrected chi connectivity index (χ1v) is 2.63. The molecule has 0 rings (SSSR count). The highest BCUT2D eigenvalue weighted by Crippen LogP contribution is 1.76. The van der Waals surface area contributed by atoms with Crippen LogP contribution < -0.4 is 5.23 Å². The van der Waals surface area contributed by atoms with Crippen LogP contribution in [0.5, 0.6) is 0 Å². The van der Waals surface area contributed by atoms with Crippen LogP contribution in [0.2, 0.25) is 0 Å². The van der Waals surface area contributed by atoms with E-state index in [-0.39, 0.29) is 7.62 Å². The van der Waals surface area contributed by atoms with Gasteiger partial charge in [0.05, 0.1) is 6.04 Å². The number of hydrogen-bond donors (Lipinski definition) is 2. The van der Waals surface area contributed by atoms with Gasteiger partial charge in [-0.25, -0.2) is 0 Å². The van der Waals surface area contributed by atoms with Gasteiger partial charge in [0.2, 0.25) is 0 Å². The molecule has 0 radical (unpaired) electrons. The molecular weight excluding hydrogens is 121 g/mol. The maximum absolute atomic E-state index is 10.1. The van der Waals surface area contributed by atoms with Crippen molar-refractivity contribution in [1.29, 1.82) is 0 Å². The predicted molar refractivity (Wildman–Crippen MR) is 34.4 cm³/mol. The molecule has 0 aromatic rings. The van der Waals surface area contributed by atoms with Gasteiger partial charge in [0, 0.05) is 7.11 Å². The van der Waals surface area contributed by atoms with E-state index in [2.05, 4.69) is 9.88 Å². The van der Waals surface area contributed by atoms with Gasteiger partial charge < -0.3 is 15.0 Å². The third kappa shape index (κ3) is 3.99. The highest BCUT2D eigenvalue weighted by atomic mass is 16.4. The Hall–Kier alpha value is -0.545. The zero-order chi connectivity index (χ0) is 7.28. The van der Waals surface area contributed by atoms with E-state index >= 15 is 0 Å². The number of nitrogens with one attached hydrogen (secondary N) is 1. The van der Waals surface area contributed by atoms with E-state index in [0.717, 1.165) is 0 Å². The fourth-order valence-corrected chi connectivity index (χ4v) is 0.296. The summed E-state index contributed by atoms with van der Waals surface area (Å²) in [7, 11) is 1.77. The molecule has 5 heteroatoms. The van der Waals surface area contributed by atoms with Crippen molar-refractivity contribution in [3.8, 4) is 0 Å². The molecule has 0 aromatic heterocycles. The van der Waals surface area contributed by atoms with Crippen LogP contribution in [0.15, 0.2) is 0 Å². The van der Waals surface area contributed by atoms with Crippen LogP contribution in [-0.2, 0) is 9.45 Å². The summed E-state index contributed by atoms with van der Waals surface area (Å²) in [5, 5.41) is 10.9. The van der Waals surface area contributed by atoms with E-state index in [1.165, 1.54) is 7.11 Å². The predicted octanol–water partition coefficient (Wildman–Crippen LogP) is -1.04. The van der Waals surface area contributed by atoms with Crippen molar-refractivity contribution in [2.75, 3.05) is 7.11 Å². The Balaban J connectivity index is 3.27. The molecule has 0 fully saturated rings. The standard InChI is InChI=1S/C4H10BNO3/c1-3(4(7)8)6-5-9-2/h3,5-6H,1-2H3,(H,7,8)/t3-/m0/s1. The molecule has 0 unspecified atom stereocenters. The van der Waals surface area contributed by atoms with Gasteiger partial charge in [-0.2, -0.15) is 0 Å². The summed E-state index contributed by atoms with van der Waals surface area (Å²) in [5.74, 6) is -0.868. The smallest absolute Gasteiger partial charge is 0.361 e. The fraction of sp³-hybridized carbons (Fsp3) is 0.750. The van der Waals surface area contributed by atoms with Gasteiger partial charge in [-0.1, -0.05) is 0 Å². The summed E-state index contributed by atoms with van der Waals surface area (Å²) in [4.78, 5) is 10.1. The van der Waals surface area contributed by atoms with Crippen LogP contribution in [0.3, 0.4) is 0 Å². The average molecular weight is 131 g/mol. The summed E-state index contributed by atoms with van der Waals surface area (Å²) in [6.07, 6.45) is 0. The van der Waals surface area contributed by atoms with Crippen LogP contribution in [0.1, 0.15) is 6.92 Å². The SMILES string of the molecule is COBN[C@@H](C)C(=O)O. The molecule has 52 valence electrons. The van der Waals surface area contributed by atoms with Gasteiger partial charge in [0.1, 0.15) is 0 Å². The van der Waals surface area contributed by atoms with E-state index < -0.39 is 12.0 Å². The van der Waals surface area contributed by atoms with Crippen LogP contribution in [-0.4, -0.2) is 31.8 Å². The topological polar surface area (TPSA) is 58.6 Å². The van der Waals surface area contributed by atoms with Gasteiger partial charge in [-0.3, -0.25) is 4.79 Å². The van der Waals surface area contributed by atoms with Crippen molar-refractivity contribution >= 4 is 13.6 Å². The Bertz CT molecular complexity index is 97.8. The van der Waals surface area contributed by atoms with E-state index in [1.807, 2.05) is 0 Å². The zero-order valence-corrected chi connectivity index (χ0v) is 5.55. The lowest BCUT2D eigenvalue weighted by Crippen LogP contribution is -2.37. The highest BCUT2D eigenvalue weighted by molar-refractivity contribution is 6.24. The molecule has 0 aromatic carbocycles. The second-order valence-corrected chi connectivity index (χ2v) is 1.70. The van der Waals surface area contributed by atoms with Gasteiger partial charge in [-0.05, 0) is 6.92 Å². The first-order valence-electron chi connectivity index (χ1n) is 2.63. The third-order valence-corrected chi connectivity index (χ3v) is 0.904.